The molecule has 0 aromatic carbocycles. The third-order valence-corrected chi connectivity index (χ3v) is 9.30. The number of esters is 2. The van der Waals surface area contributed by atoms with Gasteiger partial charge < -0.3 is 9.47 Å². The van der Waals surface area contributed by atoms with Crippen molar-refractivity contribution in [3.05, 3.63) is 0 Å². The van der Waals surface area contributed by atoms with E-state index in [0.29, 0.717) is 13.2 Å². The van der Waals surface area contributed by atoms with Gasteiger partial charge in [-0.3, -0.25) is 9.59 Å². The molecule has 0 saturated carbocycles. The number of rotatable bonds is 36. The topological polar surface area (TPSA) is 52.6 Å². The normalized spacial score (nSPS) is 10.6. The van der Waals surface area contributed by atoms with Gasteiger partial charge >= 0.3 is 11.9 Å². The summed E-state index contributed by atoms with van der Waals surface area (Å²) in [7, 11) is 0. The van der Waals surface area contributed by atoms with Gasteiger partial charge in [0.15, 0.2) is 0 Å². The molecule has 7 heteroatoms. The molecule has 0 fully saturated rings. The van der Waals surface area contributed by atoms with Crippen LogP contribution in [-0.4, -0.2) is 36.7 Å². The van der Waals surface area contributed by atoms with Crippen LogP contribution in [0, 0.1) is 0 Å². The molecule has 0 bridgehead atoms. The fourth-order valence-corrected chi connectivity index (χ4v) is 5.95. The molecule has 0 aromatic rings. The van der Waals surface area contributed by atoms with Crippen molar-refractivity contribution in [3.8, 4) is 0 Å². The van der Waals surface area contributed by atoms with E-state index in [2.05, 4.69) is 39.1 Å². The van der Waals surface area contributed by atoms with Gasteiger partial charge in [0.25, 0.3) is 0 Å². The molecule has 0 aromatic heterocycles. The Hall–Kier alpha value is 0.263. The maximum Gasteiger partial charge on any atom is 0.315 e. The van der Waals surface area contributed by atoms with Crippen LogP contribution in [-0.2, 0) is 38.5 Å². The molecular weight excluding hydrogens is 674 g/mol. The fourth-order valence-electron chi connectivity index (χ4n) is 5.76. The monoisotopic (exact) mass is 752 g/mol. The summed E-state index contributed by atoms with van der Waals surface area (Å²) in [4.78, 5) is 21.7. The Morgan fingerprint density at radius 2 is 0.511 bits per heavy atom. The van der Waals surface area contributed by atoms with Crippen molar-refractivity contribution in [2.75, 3.05) is 24.7 Å². The Morgan fingerprint density at radius 1 is 0.340 bits per heavy atom. The van der Waals surface area contributed by atoms with Crippen LogP contribution in [0.2, 0.25) is 0 Å². The molecule has 0 unspecified atom stereocenters. The Morgan fingerprint density at radius 3 is 0.681 bits per heavy atom. The van der Waals surface area contributed by atoms with Crippen LogP contribution in [0.5, 0.6) is 0 Å². The van der Waals surface area contributed by atoms with Crippen LogP contribution < -0.4 is 0 Å². The Kier molecular flexibility index (Phi) is 53.1. The van der Waals surface area contributed by atoms with E-state index < -0.39 is 0 Å². The van der Waals surface area contributed by atoms with Gasteiger partial charge in [-0.05, 0) is 12.8 Å². The minimum Gasteiger partial charge on any atom is -0.465 e. The second-order valence-electron chi connectivity index (χ2n) is 13.4. The number of hydrogen-bond donors (Lipinski definition) is 2. The van der Waals surface area contributed by atoms with Crippen LogP contribution in [0.15, 0.2) is 0 Å². The molecule has 0 N–H and O–H groups in total. The van der Waals surface area contributed by atoms with Crippen molar-refractivity contribution >= 4 is 37.2 Å². The molecule has 0 aliphatic heterocycles. The fraction of sp³-hybridized carbons (Fsp3) is 0.950. The van der Waals surface area contributed by atoms with Gasteiger partial charge in [0, 0.05) is 19.5 Å². The minimum atomic E-state index is -0.200. The Labute approximate surface area is 318 Å². The van der Waals surface area contributed by atoms with E-state index in [-0.39, 0.29) is 42.9 Å². The largest absolute Gasteiger partial charge is 0.465 e. The van der Waals surface area contributed by atoms with Crippen molar-refractivity contribution in [1.29, 1.82) is 0 Å². The molecule has 0 saturated heterocycles. The van der Waals surface area contributed by atoms with Crippen molar-refractivity contribution in [1.82, 2.24) is 0 Å². The summed E-state index contributed by atoms with van der Waals surface area (Å²) in [6.45, 7) is 5.69. The zero-order valence-corrected chi connectivity index (χ0v) is 36.4. The molecule has 0 amide bonds. The zero-order valence-electron chi connectivity index (χ0n) is 31.7. The third kappa shape index (κ3) is 50.7. The number of carbonyl (C=O) groups is 2. The van der Waals surface area contributed by atoms with Gasteiger partial charge in [-0.15, -0.1) is 0 Å². The summed E-state index contributed by atoms with van der Waals surface area (Å²) in [6.07, 6.45) is 43.6. The maximum atomic E-state index is 10.9. The number of carbonyl (C=O) groups excluding carboxylic acids is 2. The summed E-state index contributed by atoms with van der Waals surface area (Å²) in [6, 6.07) is 0. The first-order valence-electron chi connectivity index (χ1n) is 20.1. The quantitative estimate of drug-likeness (QED) is 0.0289. The number of hydrogen-bond acceptors (Lipinski definition) is 6. The number of unbranched alkanes of at least 4 members (excludes halogenated alkanes) is 30. The molecular formula is C40H80O4S2Zn. The van der Waals surface area contributed by atoms with Crippen molar-refractivity contribution in [2.45, 2.75) is 219 Å². The van der Waals surface area contributed by atoms with Gasteiger partial charge in [-0.2, -0.15) is 25.3 Å². The first-order chi connectivity index (χ1) is 22.6. The molecule has 4 nitrogen and oxygen atoms in total. The van der Waals surface area contributed by atoms with Crippen LogP contribution in [0.3, 0.4) is 0 Å². The molecule has 0 aliphatic carbocycles. The average Bonchev–Trinajstić information content (AvgIpc) is 3.07. The second kappa shape index (κ2) is 48.4. The van der Waals surface area contributed by atoms with Crippen LogP contribution in [0.4, 0.5) is 0 Å². The van der Waals surface area contributed by atoms with E-state index in [0.717, 1.165) is 12.8 Å². The maximum absolute atomic E-state index is 10.9. The molecule has 278 valence electrons. The smallest absolute Gasteiger partial charge is 0.315 e. The van der Waals surface area contributed by atoms with E-state index in [9.17, 15) is 9.59 Å². The van der Waals surface area contributed by atoms with Gasteiger partial charge in [0.05, 0.1) is 24.7 Å². The zero-order chi connectivity index (χ0) is 34.0. The minimum absolute atomic E-state index is 0. The summed E-state index contributed by atoms with van der Waals surface area (Å²) >= 11 is 7.75. The number of thiol groups is 2. The third-order valence-electron chi connectivity index (χ3n) is 8.78. The van der Waals surface area contributed by atoms with Gasteiger partial charge in [0.1, 0.15) is 0 Å². The summed E-state index contributed by atoms with van der Waals surface area (Å²) < 4.78 is 9.99. The Balaban J connectivity index is -0.000000807. The molecule has 0 rings (SSSR count). The predicted molar refractivity (Wildman–Crippen MR) is 209 cm³/mol. The van der Waals surface area contributed by atoms with Crippen molar-refractivity contribution in [3.63, 3.8) is 0 Å². The SMILES string of the molecule is CCCCCCCCCCCCCCCCCCOC(=O)CS.CCCCCCCCCCCCCCCCCCOC(=O)CS.[Zn]. The van der Waals surface area contributed by atoms with E-state index in [1.54, 1.807) is 0 Å². The summed E-state index contributed by atoms with van der Waals surface area (Å²) in [5, 5.41) is 0. The first-order valence-corrected chi connectivity index (χ1v) is 21.4. The van der Waals surface area contributed by atoms with E-state index in [1.165, 1.54) is 193 Å². The molecule has 0 aliphatic rings. The summed E-state index contributed by atoms with van der Waals surface area (Å²) in [5.41, 5.74) is 0. The van der Waals surface area contributed by atoms with E-state index >= 15 is 0 Å². The van der Waals surface area contributed by atoms with Gasteiger partial charge in [0.2, 0.25) is 0 Å². The molecule has 0 heterocycles. The molecule has 47 heavy (non-hydrogen) atoms. The van der Waals surface area contributed by atoms with E-state index in [1.807, 2.05) is 0 Å². The standard InChI is InChI=1S/2C20H40O2S.Zn/c2*1-2-3-4-5-6-7-8-9-10-11-12-13-14-15-16-17-18-22-20(21)19-23;/h2*23H,2-19H2,1H3;. The average molecular weight is 755 g/mol. The number of ether oxygens (including phenoxy) is 2. The van der Waals surface area contributed by atoms with Crippen LogP contribution >= 0.6 is 25.3 Å². The molecule has 0 atom stereocenters. The van der Waals surface area contributed by atoms with Crippen molar-refractivity contribution < 1.29 is 38.5 Å². The molecule has 0 spiro atoms. The van der Waals surface area contributed by atoms with Crippen LogP contribution in [0.1, 0.15) is 219 Å². The van der Waals surface area contributed by atoms with Crippen LogP contribution in [0.25, 0.3) is 0 Å². The first kappa shape index (κ1) is 51.6. The van der Waals surface area contributed by atoms with Gasteiger partial charge in [-0.1, -0.05) is 206 Å². The predicted octanol–water partition coefficient (Wildman–Crippen LogP) is 13.4. The van der Waals surface area contributed by atoms with Gasteiger partial charge in [-0.25, -0.2) is 0 Å². The van der Waals surface area contributed by atoms with E-state index in [4.69, 9.17) is 9.47 Å². The second-order valence-corrected chi connectivity index (χ2v) is 14.0. The Bertz CT molecular complexity index is 545. The molecule has 0 radical (unpaired) electrons. The van der Waals surface area contributed by atoms with Crippen molar-refractivity contribution in [2.24, 2.45) is 0 Å². The summed E-state index contributed by atoms with van der Waals surface area (Å²) in [5.74, 6) is -0.0128.